The molecule has 0 aliphatic heterocycles. The van der Waals surface area contributed by atoms with Gasteiger partial charge in [-0.15, -0.1) is 0 Å². The van der Waals surface area contributed by atoms with E-state index in [0.717, 1.165) is 0 Å². The van der Waals surface area contributed by atoms with Crippen LogP contribution in [0.4, 0.5) is 0 Å². The number of carbonyl (C=O) groups excluding carboxylic acids is 2. The van der Waals surface area contributed by atoms with Gasteiger partial charge in [0.05, 0.1) is 13.7 Å². The number of methoxy groups -OCH3 is 1. The average molecular weight is 291 g/mol. The van der Waals surface area contributed by atoms with Gasteiger partial charge in [0, 0.05) is 18.5 Å². The van der Waals surface area contributed by atoms with Gasteiger partial charge in [0.25, 0.3) is 0 Å². The van der Waals surface area contributed by atoms with E-state index < -0.39 is 5.97 Å². The number of rotatable bonds is 8. The molecule has 1 aromatic carbocycles. The normalized spacial score (nSPS) is 12.1. The maximum Gasteiger partial charge on any atom is 0.330 e. The summed E-state index contributed by atoms with van der Waals surface area (Å²) < 4.78 is 9.81. The topological polar surface area (TPSA) is 64.6 Å². The van der Waals surface area contributed by atoms with E-state index in [-0.39, 0.29) is 25.0 Å². The zero-order valence-electron chi connectivity index (χ0n) is 12.4. The molecule has 1 N–H and O–H groups in total. The largest absolute Gasteiger partial charge is 0.466 e. The van der Waals surface area contributed by atoms with Gasteiger partial charge < -0.3 is 14.8 Å². The van der Waals surface area contributed by atoms with Gasteiger partial charge in [-0.05, 0) is 5.56 Å². The highest BCUT2D eigenvalue weighted by atomic mass is 16.5. The molecule has 114 valence electrons. The summed E-state index contributed by atoms with van der Waals surface area (Å²) in [4.78, 5) is 22.3. The van der Waals surface area contributed by atoms with Crippen LogP contribution in [0.1, 0.15) is 18.4 Å². The second-order valence-electron chi connectivity index (χ2n) is 4.56. The van der Waals surface area contributed by atoms with E-state index in [9.17, 15) is 9.59 Å². The van der Waals surface area contributed by atoms with E-state index in [4.69, 9.17) is 4.74 Å². The van der Waals surface area contributed by atoms with Crippen molar-refractivity contribution >= 4 is 11.9 Å². The van der Waals surface area contributed by atoms with E-state index in [1.807, 2.05) is 37.3 Å². The third-order valence-corrected chi connectivity index (χ3v) is 2.84. The SMILES string of the molecule is COC(=O)/C=C/CNC(=O)COCC(C)c1ccccc1. The van der Waals surface area contributed by atoms with Crippen molar-refractivity contribution < 1.29 is 19.1 Å². The Morgan fingerprint density at radius 3 is 2.67 bits per heavy atom. The molecule has 0 spiro atoms. The van der Waals surface area contributed by atoms with Crippen molar-refractivity contribution in [2.75, 3.05) is 26.9 Å². The van der Waals surface area contributed by atoms with E-state index in [2.05, 4.69) is 10.1 Å². The Labute approximate surface area is 124 Å². The fraction of sp³-hybridized carbons (Fsp3) is 0.375. The molecule has 0 aliphatic rings. The molecule has 0 heterocycles. The molecule has 0 aliphatic carbocycles. The highest BCUT2D eigenvalue weighted by Crippen LogP contribution is 2.14. The molecule has 1 rings (SSSR count). The molecule has 0 saturated carbocycles. The summed E-state index contributed by atoms with van der Waals surface area (Å²) in [6.07, 6.45) is 2.79. The molecule has 5 heteroatoms. The Balaban J connectivity index is 2.16. The van der Waals surface area contributed by atoms with Crippen molar-refractivity contribution in [2.24, 2.45) is 0 Å². The van der Waals surface area contributed by atoms with E-state index in [1.165, 1.54) is 24.8 Å². The summed E-state index contributed by atoms with van der Waals surface area (Å²) in [7, 11) is 1.30. The lowest BCUT2D eigenvalue weighted by Crippen LogP contribution is -2.28. The highest BCUT2D eigenvalue weighted by molar-refractivity contribution is 5.82. The number of ether oxygens (including phenoxy) is 2. The molecule has 1 aromatic rings. The third-order valence-electron chi connectivity index (χ3n) is 2.84. The molecule has 0 bridgehead atoms. The number of esters is 1. The molecular formula is C16H21NO4. The van der Waals surface area contributed by atoms with Crippen LogP contribution in [0.5, 0.6) is 0 Å². The lowest BCUT2D eigenvalue weighted by Gasteiger charge is -2.12. The molecule has 21 heavy (non-hydrogen) atoms. The van der Waals surface area contributed by atoms with Crippen molar-refractivity contribution in [3.63, 3.8) is 0 Å². The third kappa shape index (κ3) is 7.27. The molecular weight excluding hydrogens is 270 g/mol. The summed E-state index contributed by atoms with van der Waals surface area (Å²) >= 11 is 0. The number of carbonyl (C=O) groups is 2. The van der Waals surface area contributed by atoms with Gasteiger partial charge in [0.2, 0.25) is 5.91 Å². The van der Waals surface area contributed by atoms with Crippen LogP contribution in [0.15, 0.2) is 42.5 Å². The maximum atomic E-state index is 11.5. The van der Waals surface area contributed by atoms with Gasteiger partial charge in [-0.1, -0.05) is 43.3 Å². The number of hydrogen-bond acceptors (Lipinski definition) is 4. The smallest absolute Gasteiger partial charge is 0.330 e. The van der Waals surface area contributed by atoms with E-state index in [1.54, 1.807) is 0 Å². The maximum absolute atomic E-state index is 11.5. The van der Waals surface area contributed by atoms with Crippen molar-refractivity contribution in [2.45, 2.75) is 12.8 Å². The highest BCUT2D eigenvalue weighted by Gasteiger charge is 2.06. The Bertz CT molecular complexity index is 470. The van der Waals surface area contributed by atoms with Gasteiger partial charge in [-0.3, -0.25) is 4.79 Å². The van der Waals surface area contributed by atoms with Gasteiger partial charge >= 0.3 is 5.97 Å². The molecule has 1 amide bonds. The number of amides is 1. The van der Waals surface area contributed by atoms with Crippen molar-refractivity contribution in [1.29, 1.82) is 0 Å². The summed E-state index contributed by atoms with van der Waals surface area (Å²) in [6.45, 7) is 2.80. The monoisotopic (exact) mass is 291 g/mol. The predicted molar refractivity (Wildman–Crippen MR) is 79.8 cm³/mol. The Kier molecular flexibility index (Phi) is 7.82. The van der Waals surface area contributed by atoms with Crippen LogP contribution in [0, 0.1) is 0 Å². The van der Waals surface area contributed by atoms with E-state index >= 15 is 0 Å². The lowest BCUT2D eigenvalue weighted by molar-refractivity contribution is -0.135. The first kappa shape index (κ1) is 16.9. The van der Waals surface area contributed by atoms with Crippen LogP contribution in [0.3, 0.4) is 0 Å². The zero-order chi connectivity index (χ0) is 15.5. The number of benzene rings is 1. The summed E-state index contributed by atoms with van der Waals surface area (Å²) in [5.74, 6) is -0.430. The van der Waals surface area contributed by atoms with Gasteiger partial charge in [-0.2, -0.15) is 0 Å². The average Bonchev–Trinajstić information content (AvgIpc) is 2.52. The fourth-order valence-corrected chi connectivity index (χ4v) is 1.65. The predicted octanol–water partition coefficient (Wildman–Crippen LogP) is 1.65. The molecule has 5 nitrogen and oxygen atoms in total. The Morgan fingerprint density at radius 1 is 1.29 bits per heavy atom. The van der Waals surface area contributed by atoms with Crippen LogP contribution in [-0.4, -0.2) is 38.7 Å². The summed E-state index contributed by atoms with van der Waals surface area (Å²) in [5, 5.41) is 2.62. The molecule has 0 fully saturated rings. The minimum Gasteiger partial charge on any atom is -0.466 e. The van der Waals surface area contributed by atoms with Crippen molar-refractivity contribution in [3.05, 3.63) is 48.0 Å². The van der Waals surface area contributed by atoms with Crippen LogP contribution in [0.2, 0.25) is 0 Å². The standard InChI is InChI=1S/C16H21NO4/c1-13(14-7-4-3-5-8-14)11-21-12-15(18)17-10-6-9-16(19)20-2/h3-9,13H,10-12H2,1-2H3,(H,17,18)/b9-6+. The summed E-state index contributed by atoms with van der Waals surface area (Å²) in [5.41, 5.74) is 1.18. The van der Waals surface area contributed by atoms with Crippen molar-refractivity contribution in [3.8, 4) is 0 Å². The first-order chi connectivity index (χ1) is 10.1. The van der Waals surface area contributed by atoms with Crippen molar-refractivity contribution in [1.82, 2.24) is 5.32 Å². The second kappa shape index (κ2) is 9.72. The number of hydrogen-bond donors (Lipinski definition) is 1. The first-order valence-corrected chi connectivity index (χ1v) is 6.77. The Hall–Kier alpha value is -2.14. The second-order valence-corrected chi connectivity index (χ2v) is 4.56. The molecule has 0 aromatic heterocycles. The van der Waals surface area contributed by atoms with Gasteiger partial charge in [0.15, 0.2) is 0 Å². The van der Waals surface area contributed by atoms with Gasteiger partial charge in [0.1, 0.15) is 6.61 Å². The molecule has 1 unspecified atom stereocenters. The number of nitrogens with one attached hydrogen (secondary N) is 1. The molecule has 0 saturated heterocycles. The van der Waals surface area contributed by atoms with E-state index in [0.29, 0.717) is 6.61 Å². The van der Waals surface area contributed by atoms with Crippen LogP contribution in [0.25, 0.3) is 0 Å². The first-order valence-electron chi connectivity index (χ1n) is 6.77. The fourth-order valence-electron chi connectivity index (χ4n) is 1.65. The minimum absolute atomic E-state index is 0.00321. The van der Waals surface area contributed by atoms with Crippen LogP contribution in [-0.2, 0) is 19.1 Å². The van der Waals surface area contributed by atoms with Crippen LogP contribution >= 0.6 is 0 Å². The summed E-state index contributed by atoms with van der Waals surface area (Å²) in [6, 6.07) is 9.99. The Morgan fingerprint density at radius 2 is 2.00 bits per heavy atom. The van der Waals surface area contributed by atoms with Crippen LogP contribution < -0.4 is 5.32 Å². The molecule has 0 radical (unpaired) electrons. The quantitative estimate of drug-likeness (QED) is 0.584. The lowest BCUT2D eigenvalue weighted by atomic mass is 10.0. The van der Waals surface area contributed by atoms with Gasteiger partial charge in [-0.25, -0.2) is 4.79 Å². The minimum atomic E-state index is -0.447. The zero-order valence-corrected chi connectivity index (χ0v) is 12.4. The molecule has 1 atom stereocenters.